The number of para-hydroxylation sites is 2. The lowest BCUT2D eigenvalue weighted by Crippen LogP contribution is -2.11. The third-order valence-electron chi connectivity index (χ3n) is 11.0. The second-order valence-corrected chi connectivity index (χ2v) is 14.2. The third-order valence-corrected chi connectivity index (χ3v) is 11.0. The Bertz CT molecular complexity index is 2970. The molecular formula is C52H35N3. The van der Waals surface area contributed by atoms with Crippen molar-refractivity contribution in [2.75, 3.05) is 9.80 Å². The largest absolute Gasteiger partial charge is 0.310 e. The molecule has 0 saturated carbocycles. The van der Waals surface area contributed by atoms with E-state index in [1.165, 1.54) is 38.3 Å². The average molecular weight is 702 g/mol. The SMILES string of the molecule is c1ccc(N2c3cccc(c3)-c3cccc(c3)N(c3cccc4c3c3ccccc3n4-c3cccc4ccccc34)c3cccc(c3)-c3cccc2c3)cc1. The van der Waals surface area contributed by atoms with E-state index >= 15 is 0 Å². The number of anilines is 6. The van der Waals surface area contributed by atoms with E-state index in [1.54, 1.807) is 0 Å². The van der Waals surface area contributed by atoms with Crippen LogP contribution in [0.25, 0.3) is 60.5 Å². The number of rotatable bonds is 3. The topological polar surface area (TPSA) is 11.4 Å². The molecule has 0 radical (unpaired) electrons. The molecule has 0 atom stereocenters. The van der Waals surface area contributed by atoms with E-state index in [2.05, 4.69) is 227 Å². The standard InChI is InChI=1S/C52H35N3/c1-2-20-41(21-3-1)53-42-22-8-16-37(32-42)39-18-10-24-44(34-39)54(45-25-11-19-40(35-45)38-17-9-23-43(53)33-38)50-30-13-31-51-52(50)47-27-6-7-28-49(47)55(51)48-29-12-15-36-14-4-5-26-46(36)48/h1-35H. The maximum Gasteiger partial charge on any atom is 0.0562 e. The van der Waals surface area contributed by atoms with E-state index in [9.17, 15) is 0 Å². The van der Waals surface area contributed by atoms with Gasteiger partial charge in [0.25, 0.3) is 0 Å². The second kappa shape index (κ2) is 12.6. The van der Waals surface area contributed by atoms with Gasteiger partial charge in [0.1, 0.15) is 0 Å². The van der Waals surface area contributed by atoms with Crippen molar-refractivity contribution in [1.82, 2.24) is 4.57 Å². The van der Waals surface area contributed by atoms with Crippen molar-refractivity contribution in [2.24, 2.45) is 0 Å². The van der Waals surface area contributed by atoms with E-state index < -0.39 is 0 Å². The molecule has 0 aliphatic carbocycles. The number of fused-ring (bicyclic) bond motifs is 14. The molecule has 10 aromatic rings. The van der Waals surface area contributed by atoms with Crippen LogP contribution in [0.4, 0.5) is 34.1 Å². The number of hydrogen-bond acceptors (Lipinski definition) is 2. The fourth-order valence-corrected chi connectivity index (χ4v) is 8.60. The molecule has 9 aromatic carbocycles. The minimum atomic E-state index is 1.10. The van der Waals surface area contributed by atoms with Crippen molar-refractivity contribution in [2.45, 2.75) is 0 Å². The molecule has 0 unspecified atom stereocenters. The first-order valence-corrected chi connectivity index (χ1v) is 18.9. The second-order valence-electron chi connectivity index (χ2n) is 14.2. The van der Waals surface area contributed by atoms with Gasteiger partial charge in [-0.05, 0) is 113 Å². The van der Waals surface area contributed by atoms with Crippen molar-refractivity contribution in [3.63, 3.8) is 0 Å². The van der Waals surface area contributed by atoms with Crippen LogP contribution in [0.3, 0.4) is 0 Å². The number of aromatic nitrogens is 1. The first-order chi connectivity index (χ1) is 27.3. The van der Waals surface area contributed by atoms with Crippen LogP contribution >= 0.6 is 0 Å². The minimum absolute atomic E-state index is 1.10. The van der Waals surface area contributed by atoms with Crippen LogP contribution in [0.5, 0.6) is 0 Å². The zero-order valence-corrected chi connectivity index (χ0v) is 30.0. The molecule has 0 fully saturated rings. The van der Waals surface area contributed by atoms with Crippen LogP contribution in [0, 0.1) is 0 Å². The molecule has 8 bridgehead atoms. The predicted octanol–water partition coefficient (Wildman–Crippen LogP) is 14.5. The molecule has 55 heavy (non-hydrogen) atoms. The van der Waals surface area contributed by atoms with Crippen LogP contribution in [-0.2, 0) is 0 Å². The Balaban J connectivity index is 1.20. The zero-order valence-electron chi connectivity index (χ0n) is 30.0. The summed E-state index contributed by atoms with van der Waals surface area (Å²) >= 11 is 0. The van der Waals surface area contributed by atoms with Gasteiger partial charge in [-0.2, -0.15) is 0 Å². The fourth-order valence-electron chi connectivity index (χ4n) is 8.60. The van der Waals surface area contributed by atoms with Crippen LogP contribution in [0.15, 0.2) is 212 Å². The van der Waals surface area contributed by atoms with Crippen LogP contribution in [0.1, 0.15) is 0 Å². The van der Waals surface area contributed by atoms with Gasteiger partial charge in [0.15, 0.2) is 0 Å². The maximum atomic E-state index is 2.45. The molecule has 0 spiro atoms. The van der Waals surface area contributed by atoms with Gasteiger partial charge in [-0.15, -0.1) is 0 Å². The Morgan fingerprint density at radius 2 is 0.709 bits per heavy atom. The molecule has 0 N–H and O–H groups in total. The summed E-state index contributed by atoms with van der Waals surface area (Å²) in [5.74, 6) is 0. The first-order valence-electron chi connectivity index (χ1n) is 18.9. The summed E-state index contributed by atoms with van der Waals surface area (Å²) in [5.41, 5.74) is 14.8. The lowest BCUT2D eigenvalue weighted by Gasteiger charge is -2.29. The molecule has 0 saturated heterocycles. The van der Waals surface area contributed by atoms with E-state index in [1.807, 2.05) is 0 Å². The lowest BCUT2D eigenvalue weighted by atomic mass is 9.99. The summed E-state index contributed by atoms with van der Waals surface area (Å²) in [5, 5.41) is 4.89. The summed E-state index contributed by atoms with van der Waals surface area (Å²) in [6, 6.07) is 77.4. The van der Waals surface area contributed by atoms with Crippen LogP contribution in [0.2, 0.25) is 0 Å². The fraction of sp³-hybridized carbons (Fsp3) is 0. The Morgan fingerprint density at radius 1 is 0.273 bits per heavy atom. The maximum absolute atomic E-state index is 2.45. The van der Waals surface area contributed by atoms with Gasteiger partial charge in [0.05, 0.1) is 22.4 Å². The number of nitrogens with zero attached hydrogens (tertiary/aromatic N) is 3. The van der Waals surface area contributed by atoms with Gasteiger partial charge in [0.2, 0.25) is 0 Å². The molecule has 1 aromatic heterocycles. The monoisotopic (exact) mass is 701 g/mol. The van der Waals surface area contributed by atoms with E-state index in [0.717, 1.165) is 56.4 Å². The molecule has 3 heteroatoms. The highest BCUT2D eigenvalue weighted by Crippen LogP contribution is 2.46. The van der Waals surface area contributed by atoms with Gasteiger partial charge < -0.3 is 14.4 Å². The molecule has 2 heterocycles. The Kier molecular flexibility index (Phi) is 7.17. The van der Waals surface area contributed by atoms with Crippen molar-refractivity contribution >= 4 is 66.7 Å². The van der Waals surface area contributed by atoms with Gasteiger partial charge in [-0.3, -0.25) is 0 Å². The summed E-state index contributed by atoms with van der Waals surface area (Å²) in [6.07, 6.45) is 0. The molecule has 0 amide bonds. The predicted molar refractivity (Wildman–Crippen MR) is 232 cm³/mol. The number of benzene rings is 9. The van der Waals surface area contributed by atoms with Crippen LogP contribution in [-0.4, -0.2) is 4.57 Å². The van der Waals surface area contributed by atoms with Gasteiger partial charge in [-0.25, -0.2) is 0 Å². The molecular weight excluding hydrogens is 667 g/mol. The Hall–Kier alpha value is -7.36. The molecule has 3 nitrogen and oxygen atoms in total. The average Bonchev–Trinajstić information content (AvgIpc) is 3.59. The van der Waals surface area contributed by atoms with Crippen molar-refractivity contribution in [3.8, 4) is 27.9 Å². The van der Waals surface area contributed by atoms with Gasteiger partial charge in [0, 0.05) is 44.6 Å². The molecule has 11 rings (SSSR count). The smallest absolute Gasteiger partial charge is 0.0562 e. The van der Waals surface area contributed by atoms with Crippen molar-refractivity contribution in [3.05, 3.63) is 212 Å². The molecule has 1 aliphatic rings. The van der Waals surface area contributed by atoms with Gasteiger partial charge in [-0.1, -0.05) is 127 Å². The third kappa shape index (κ3) is 5.13. The highest BCUT2D eigenvalue weighted by Gasteiger charge is 2.23. The Morgan fingerprint density at radius 3 is 1.35 bits per heavy atom. The normalized spacial score (nSPS) is 12.3. The van der Waals surface area contributed by atoms with Crippen molar-refractivity contribution in [1.29, 1.82) is 0 Å². The first kappa shape index (κ1) is 31.2. The summed E-state index contributed by atoms with van der Waals surface area (Å²) in [7, 11) is 0. The summed E-state index contributed by atoms with van der Waals surface area (Å²) < 4.78 is 2.45. The molecule has 1 aliphatic heterocycles. The van der Waals surface area contributed by atoms with E-state index in [0.29, 0.717) is 0 Å². The van der Waals surface area contributed by atoms with E-state index in [4.69, 9.17) is 0 Å². The number of hydrogen-bond donors (Lipinski definition) is 0. The molecule has 258 valence electrons. The summed E-state index contributed by atoms with van der Waals surface area (Å²) in [6.45, 7) is 0. The Labute approximate surface area is 320 Å². The highest BCUT2D eigenvalue weighted by atomic mass is 15.2. The van der Waals surface area contributed by atoms with Gasteiger partial charge >= 0.3 is 0 Å². The van der Waals surface area contributed by atoms with E-state index in [-0.39, 0.29) is 0 Å². The lowest BCUT2D eigenvalue weighted by molar-refractivity contribution is 1.20. The van der Waals surface area contributed by atoms with Crippen molar-refractivity contribution < 1.29 is 0 Å². The zero-order chi connectivity index (χ0) is 36.3. The van der Waals surface area contributed by atoms with Crippen LogP contribution < -0.4 is 9.80 Å². The summed E-state index contributed by atoms with van der Waals surface area (Å²) in [4.78, 5) is 4.80. The quantitative estimate of drug-likeness (QED) is 0.182. The highest BCUT2D eigenvalue weighted by molar-refractivity contribution is 6.17. The minimum Gasteiger partial charge on any atom is -0.310 e.